The highest BCUT2D eigenvalue weighted by molar-refractivity contribution is 7.99. The monoisotopic (exact) mass is 219 g/mol. The first-order valence-electron chi connectivity index (χ1n) is 4.30. The number of amides is 1. The van der Waals surface area contributed by atoms with Crippen molar-refractivity contribution in [1.82, 2.24) is 5.32 Å². The fraction of sp³-hybridized carbons (Fsp3) is 0.778. The fourth-order valence-electron chi connectivity index (χ4n) is 0.982. The highest BCUT2D eigenvalue weighted by atomic mass is 32.2. The van der Waals surface area contributed by atoms with Gasteiger partial charge in [-0.3, -0.25) is 4.79 Å². The minimum Gasteiger partial charge on any atom is -0.480 e. The van der Waals surface area contributed by atoms with Crippen molar-refractivity contribution in [2.24, 2.45) is 5.41 Å². The van der Waals surface area contributed by atoms with Crippen molar-refractivity contribution in [3.63, 3.8) is 0 Å². The summed E-state index contributed by atoms with van der Waals surface area (Å²) in [7, 11) is 0. The van der Waals surface area contributed by atoms with Gasteiger partial charge in [-0.05, 0) is 11.7 Å². The number of nitrogens with one attached hydrogen (secondary N) is 1. The largest absolute Gasteiger partial charge is 0.480 e. The van der Waals surface area contributed by atoms with E-state index in [0.717, 1.165) is 0 Å². The number of hydrogen-bond acceptors (Lipinski definition) is 3. The summed E-state index contributed by atoms with van der Waals surface area (Å²) in [6.07, 6.45) is 1.80. The Kier molecular flexibility index (Phi) is 4.97. The van der Waals surface area contributed by atoms with Gasteiger partial charge < -0.3 is 10.4 Å². The highest BCUT2D eigenvalue weighted by Gasteiger charge is 2.32. The van der Waals surface area contributed by atoms with Crippen LogP contribution in [-0.4, -0.2) is 35.0 Å². The smallest absolute Gasteiger partial charge is 0.326 e. The van der Waals surface area contributed by atoms with Gasteiger partial charge in [0.15, 0.2) is 0 Å². The molecule has 0 spiro atoms. The molecule has 0 aromatic heterocycles. The van der Waals surface area contributed by atoms with Crippen LogP contribution in [0.5, 0.6) is 0 Å². The molecule has 0 rings (SSSR count). The zero-order chi connectivity index (χ0) is 11.4. The van der Waals surface area contributed by atoms with Crippen LogP contribution in [-0.2, 0) is 9.59 Å². The van der Waals surface area contributed by atoms with Gasteiger partial charge in [-0.1, -0.05) is 20.8 Å². The maximum atomic E-state index is 11.2. The van der Waals surface area contributed by atoms with Crippen LogP contribution in [0, 0.1) is 5.41 Å². The highest BCUT2D eigenvalue weighted by Crippen LogP contribution is 2.19. The van der Waals surface area contributed by atoms with Crippen molar-refractivity contribution in [1.29, 1.82) is 0 Å². The van der Waals surface area contributed by atoms with Gasteiger partial charge in [-0.15, -0.1) is 0 Å². The Hall–Kier alpha value is -0.710. The van der Waals surface area contributed by atoms with Gasteiger partial charge in [0, 0.05) is 0 Å². The summed E-state index contributed by atoms with van der Waals surface area (Å²) in [4.78, 5) is 22.1. The second-order valence-electron chi connectivity index (χ2n) is 4.14. The average Bonchev–Trinajstić information content (AvgIpc) is 1.98. The van der Waals surface area contributed by atoms with Gasteiger partial charge in [0.05, 0.1) is 5.75 Å². The molecule has 0 aliphatic carbocycles. The van der Waals surface area contributed by atoms with Crippen molar-refractivity contribution >= 4 is 23.6 Å². The predicted molar refractivity (Wildman–Crippen MR) is 57.4 cm³/mol. The third-order valence-corrected chi connectivity index (χ3v) is 2.24. The lowest BCUT2D eigenvalue weighted by Crippen LogP contribution is -2.49. The van der Waals surface area contributed by atoms with Crippen LogP contribution in [0.2, 0.25) is 0 Å². The van der Waals surface area contributed by atoms with Crippen LogP contribution >= 0.6 is 11.8 Å². The molecule has 4 nitrogen and oxygen atoms in total. The van der Waals surface area contributed by atoms with Crippen LogP contribution in [0.3, 0.4) is 0 Å². The lowest BCUT2D eigenvalue weighted by Gasteiger charge is -2.27. The van der Waals surface area contributed by atoms with Crippen LogP contribution in [0.4, 0.5) is 0 Å². The molecule has 0 aromatic carbocycles. The first kappa shape index (κ1) is 13.3. The maximum Gasteiger partial charge on any atom is 0.326 e. The van der Waals surface area contributed by atoms with Crippen LogP contribution in [0.1, 0.15) is 20.8 Å². The Morgan fingerprint density at radius 1 is 1.43 bits per heavy atom. The SMILES string of the molecule is CSCC(=O)N[C@@H](C(=O)O)C(C)(C)C. The molecule has 0 aromatic rings. The molecule has 14 heavy (non-hydrogen) atoms. The van der Waals surface area contributed by atoms with E-state index in [0.29, 0.717) is 5.75 Å². The molecule has 0 aliphatic rings. The Bertz CT molecular complexity index is 223. The van der Waals surface area contributed by atoms with Gasteiger partial charge in [-0.25, -0.2) is 4.79 Å². The van der Waals surface area contributed by atoms with E-state index in [1.165, 1.54) is 11.8 Å². The lowest BCUT2D eigenvalue weighted by molar-refractivity contribution is -0.144. The average molecular weight is 219 g/mol. The Labute approximate surface area is 88.4 Å². The van der Waals surface area contributed by atoms with E-state index in [9.17, 15) is 9.59 Å². The summed E-state index contributed by atoms with van der Waals surface area (Å²) in [5.74, 6) is -0.938. The van der Waals surface area contributed by atoms with E-state index >= 15 is 0 Å². The van der Waals surface area contributed by atoms with E-state index < -0.39 is 17.4 Å². The molecule has 0 saturated carbocycles. The second-order valence-corrected chi connectivity index (χ2v) is 5.00. The first-order chi connectivity index (χ1) is 6.29. The first-order valence-corrected chi connectivity index (χ1v) is 5.69. The molecule has 0 fully saturated rings. The number of carboxylic acid groups (broad SMARTS) is 1. The van der Waals surface area contributed by atoms with Gasteiger partial charge in [-0.2, -0.15) is 11.8 Å². The fourth-order valence-corrected chi connectivity index (χ4v) is 1.33. The number of rotatable bonds is 4. The predicted octanol–water partition coefficient (Wildman–Crippen LogP) is 0.965. The standard InChI is InChI=1S/C9H17NO3S/c1-9(2,3)7(8(12)13)10-6(11)5-14-4/h7H,5H2,1-4H3,(H,10,11)(H,12,13)/t7-/m0/s1. The molecule has 5 heteroatoms. The van der Waals surface area contributed by atoms with Gasteiger partial charge in [0.25, 0.3) is 0 Å². The number of thioether (sulfide) groups is 1. The van der Waals surface area contributed by atoms with Gasteiger partial charge >= 0.3 is 5.97 Å². The molecule has 0 bridgehead atoms. The van der Waals surface area contributed by atoms with Crippen molar-refractivity contribution in [3.8, 4) is 0 Å². The van der Waals surface area contributed by atoms with E-state index in [1.807, 2.05) is 0 Å². The van der Waals surface area contributed by atoms with E-state index in [-0.39, 0.29) is 5.91 Å². The van der Waals surface area contributed by atoms with Crippen LogP contribution in [0.25, 0.3) is 0 Å². The van der Waals surface area contributed by atoms with Crippen molar-refractivity contribution in [2.45, 2.75) is 26.8 Å². The molecule has 1 atom stereocenters. The number of hydrogen-bond donors (Lipinski definition) is 2. The number of aliphatic carboxylic acids is 1. The summed E-state index contributed by atoms with van der Waals surface area (Å²) < 4.78 is 0. The van der Waals surface area contributed by atoms with Gasteiger partial charge in [0.1, 0.15) is 6.04 Å². The zero-order valence-electron chi connectivity index (χ0n) is 8.96. The van der Waals surface area contributed by atoms with E-state index in [2.05, 4.69) is 5.32 Å². The molecule has 0 saturated heterocycles. The molecular weight excluding hydrogens is 202 g/mol. The van der Waals surface area contributed by atoms with Crippen LogP contribution in [0.15, 0.2) is 0 Å². The van der Waals surface area contributed by atoms with E-state index in [4.69, 9.17) is 5.11 Å². The Morgan fingerprint density at radius 3 is 2.21 bits per heavy atom. The third-order valence-electron chi connectivity index (χ3n) is 1.69. The molecule has 0 aliphatic heterocycles. The molecule has 82 valence electrons. The Balaban J connectivity index is 4.40. The summed E-state index contributed by atoms with van der Waals surface area (Å²) in [5.41, 5.74) is -0.472. The topological polar surface area (TPSA) is 66.4 Å². The van der Waals surface area contributed by atoms with Crippen LogP contribution < -0.4 is 5.32 Å². The lowest BCUT2D eigenvalue weighted by atomic mass is 9.87. The zero-order valence-corrected chi connectivity index (χ0v) is 9.77. The molecule has 1 amide bonds. The maximum absolute atomic E-state index is 11.2. The molecule has 0 radical (unpaired) electrons. The van der Waals surface area contributed by atoms with Crippen molar-refractivity contribution in [2.75, 3.05) is 12.0 Å². The van der Waals surface area contributed by atoms with E-state index in [1.54, 1.807) is 27.0 Å². The molecule has 2 N–H and O–H groups in total. The molecule has 0 heterocycles. The Morgan fingerprint density at radius 2 is 1.93 bits per heavy atom. The molecular formula is C9H17NO3S. The summed E-state index contributed by atoms with van der Waals surface area (Å²) in [6, 6.07) is -0.831. The number of carbonyl (C=O) groups excluding carboxylic acids is 1. The van der Waals surface area contributed by atoms with Crippen molar-refractivity contribution in [3.05, 3.63) is 0 Å². The number of carboxylic acids is 1. The normalized spacial score (nSPS) is 13.4. The third kappa shape index (κ3) is 4.50. The minimum absolute atomic E-state index is 0.236. The summed E-state index contributed by atoms with van der Waals surface area (Å²) in [6.45, 7) is 5.35. The summed E-state index contributed by atoms with van der Waals surface area (Å²) >= 11 is 1.37. The summed E-state index contributed by atoms with van der Waals surface area (Å²) in [5, 5.41) is 11.4. The van der Waals surface area contributed by atoms with Gasteiger partial charge in [0.2, 0.25) is 5.91 Å². The second kappa shape index (κ2) is 5.24. The van der Waals surface area contributed by atoms with Crippen molar-refractivity contribution < 1.29 is 14.7 Å². The number of carbonyl (C=O) groups is 2. The minimum atomic E-state index is -0.994. The molecule has 0 unspecified atom stereocenters. The quantitative estimate of drug-likeness (QED) is 0.739.